The molecule has 2 rings (SSSR count). The molecule has 14 heavy (non-hydrogen) atoms. The van der Waals surface area contributed by atoms with Crippen molar-refractivity contribution in [3.8, 4) is 0 Å². The van der Waals surface area contributed by atoms with Crippen molar-refractivity contribution >= 4 is 11.9 Å². The smallest absolute Gasteiger partial charge is 0.310 e. The van der Waals surface area contributed by atoms with Crippen LogP contribution in [0.2, 0.25) is 0 Å². The zero-order valence-corrected chi connectivity index (χ0v) is 7.81. The second-order valence-corrected chi connectivity index (χ2v) is 3.84. The fourth-order valence-corrected chi connectivity index (χ4v) is 1.80. The van der Waals surface area contributed by atoms with Crippen molar-refractivity contribution in [1.29, 1.82) is 0 Å². The lowest BCUT2D eigenvalue weighted by molar-refractivity contribution is -0.154. The molecular weight excluding hydrogens is 186 g/mol. The van der Waals surface area contributed by atoms with Crippen LogP contribution in [0.3, 0.4) is 0 Å². The average molecular weight is 199 g/mol. The van der Waals surface area contributed by atoms with Gasteiger partial charge < -0.3 is 14.7 Å². The number of amides is 1. The van der Waals surface area contributed by atoms with Gasteiger partial charge in [0.1, 0.15) is 0 Å². The van der Waals surface area contributed by atoms with E-state index in [2.05, 4.69) is 0 Å². The highest BCUT2D eigenvalue weighted by atomic mass is 16.5. The number of ether oxygens (including phenoxy) is 1. The number of carboxylic acids is 1. The molecule has 0 bridgehead atoms. The lowest BCUT2D eigenvalue weighted by atomic mass is 9.97. The molecule has 5 heteroatoms. The summed E-state index contributed by atoms with van der Waals surface area (Å²) >= 11 is 0. The van der Waals surface area contributed by atoms with Gasteiger partial charge in [0.15, 0.2) is 0 Å². The number of carboxylic acid groups (broad SMARTS) is 1. The summed E-state index contributed by atoms with van der Waals surface area (Å²) in [5.41, 5.74) is 0. The lowest BCUT2D eigenvalue weighted by Crippen LogP contribution is -2.54. The lowest BCUT2D eigenvalue weighted by Gasteiger charge is -2.37. The third kappa shape index (κ3) is 1.59. The zero-order valence-electron chi connectivity index (χ0n) is 7.81. The quantitative estimate of drug-likeness (QED) is 0.655. The van der Waals surface area contributed by atoms with E-state index < -0.39 is 5.97 Å². The summed E-state index contributed by atoms with van der Waals surface area (Å²) in [6.45, 7) is 1.87. The highest BCUT2D eigenvalue weighted by molar-refractivity contribution is 5.82. The molecule has 0 aromatic carbocycles. The number of carbonyl (C=O) groups excluding carboxylic acids is 1. The van der Waals surface area contributed by atoms with Gasteiger partial charge in [-0.25, -0.2) is 0 Å². The maximum atomic E-state index is 11.6. The maximum Gasteiger partial charge on any atom is 0.310 e. The molecule has 1 N–H and O–H groups in total. The van der Waals surface area contributed by atoms with Crippen molar-refractivity contribution in [1.82, 2.24) is 4.90 Å². The molecule has 5 nitrogen and oxygen atoms in total. The van der Waals surface area contributed by atoms with Crippen LogP contribution >= 0.6 is 0 Å². The fraction of sp³-hybridized carbons (Fsp3) is 0.778. The number of likely N-dealkylation sites (tertiary alicyclic amines) is 1. The highest BCUT2D eigenvalue weighted by Gasteiger charge is 2.38. The minimum atomic E-state index is -0.809. The SMILES string of the molecule is O=C(O)C1CN(C(=O)C2CCOC2)C1. The largest absolute Gasteiger partial charge is 0.481 e. The van der Waals surface area contributed by atoms with Gasteiger partial charge in [-0.1, -0.05) is 0 Å². The Kier molecular flexibility index (Phi) is 2.41. The monoisotopic (exact) mass is 199 g/mol. The number of hydrogen-bond acceptors (Lipinski definition) is 3. The second kappa shape index (κ2) is 3.57. The molecule has 0 aromatic rings. The summed E-state index contributed by atoms with van der Waals surface area (Å²) in [5.74, 6) is -1.15. The molecule has 0 aliphatic carbocycles. The Bertz CT molecular complexity index is 254. The van der Waals surface area contributed by atoms with E-state index in [0.717, 1.165) is 6.42 Å². The summed E-state index contributed by atoms with van der Waals surface area (Å²) in [6, 6.07) is 0. The number of rotatable bonds is 2. The Labute approximate surface area is 81.6 Å². The van der Waals surface area contributed by atoms with Gasteiger partial charge in [-0.05, 0) is 6.42 Å². The molecule has 1 unspecified atom stereocenters. The standard InChI is InChI=1S/C9H13NO4/c11-8(6-1-2-14-5-6)10-3-7(4-10)9(12)13/h6-7H,1-5H2,(H,12,13). The average Bonchev–Trinajstić information content (AvgIpc) is 2.51. The normalized spacial score (nSPS) is 27.4. The summed E-state index contributed by atoms with van der Waals surface area (Å²) in [5, 5.41) is 8.64. The Morgan fingerprint density at radius 1 is 1.29 bits per heavy atom. The van der Waals surface area contributed by atoms with Gasteiger partial charge in [0.25, 0.3) is 0 Å². The predicted octanol–water partition coefficient (Wildman–Crippen LogP) is -0.434. The van der Waals surface area contributed by atoms with Crippen LogP contribution in [0.1, 0.15) is 6.42 Å². The predicted molar refractivity (Wildman–Crippen MR) is 46.6 cm³/mol. The van der Waals surface area contributed by atoms with E-state index in [9.17, 15) is 9.59 Å². The van der Waals surface area contributed by atoms with Crippen LogP contribution in [0.25, 0.3) is 0 Å². The first-order valence-corrected chi connectivity index (χ1v) is 4.78. The van der Waals surface area contributed by atoms with E-state index in [1.165, 1.54) is 0 Å². The first-order valence-electron chi connectivity index (χ1n) is 4.78. The van der Waals surface area contributed by atoms with Gasteiger partial charge in [0, 0.05) is 19.7 Å². The van der Waals surface area contributed by atoms with Crippen LogP contribution in [0.15, 0.2) is 0 Å². The molecular formula is C9H13NO4. The third-order valence-corrected chi connectivity index (χ3v) is 2.82. The number of carbonyl (C=O) groups is 2. The Morgan fingerprint density at radius 2 is 2.00 bits per heavy atom. The topological polar surface area (TPSA) is 66.8 Å². The van der Waals surface area contributed by atoms with Crippen molar-refractivity contribution < 1.29 is 19.4 Å². The molecule has 2 fully saturated rings. The van der Waals surface area contributed by atoms with Crippen molar-refractivity contribution in [2.75, 3.05) is 26.3 Å². The maximum absolute atomic E-state index is 11.6. The van der Waals surface area contributed by atoms with Gasteiger partial charge in [-0.3, -0.25) is 9.59 Å². The first-order chi connectivity index (χ1) is 6.68. The minimum Gasteiger partial charge on any atom is -0.481 e. The number of nitrogens with zero attached hydrogens (tertiary/aromatic N) is 1. The molecule has 2 heterocycles. The van der Waals surface area contributed by atoms with Gasteiger partial charge in [0.05, 0.1) is 18.4 Å². The molecule has 0 aromatic heterocycles. The van der Waals surface area contributed by atoms with E-state index in [4.69, 9.17) is 9.84 Å². The third-order valence-electron chi connectivity index (χ3n) is 2.82. The second-order valence-electron chi connectivity index (χ2n) is 3.84. The van der Waals surface area contributed by atoms with Gasteiger partial charge in [-0.2, -0.15) is 0 Å². The van der Waals surface area contributed by atoms with E-state index in [1.54, 1.807) is 4.90 Å². The number of hydrogen-bond donors (Lipinski definition) is 1. The first kappa shape index (κ1) is 9.45. The van der Waals surface area contributed by atoms with E-state index in [0.29, 0.717) is 26.3 Å². The van der Waals surface area contributed by atoms with Gasteiger partial charge >= 0.3 is 5.97 Å². The van der Waals surface area contributed by atoms with E-state index >= 15 is 0 Å². The van der Waals surface area contributed by atoms with Crippen LogP contribution in [0.5, 0.6) is 0 Å². The van der Waals surface area contributed by atoms with Crippen LogP contribution in [-0.4, -0.2) is 48.2 Å². The molecule has 2 aliphatic rings. The van der Waals surface area contributed by atoms with Crippen LogP contribution in [0, 0.1) is 11.8 Å². The van der Waals surface area contributed by atoms with Crippen LogP contribution in [-0.2, 0) is 14.3 Å². The van der Waals surface area contributed by atoms with Crippen LogP contribution < -0.4 is 0 Å². The molecule has 2 aliphatic heterocycles. The van der Waals surface area contributed by atoms with Crippen LogP contribution in [0.4, 0.5) is 0 Å². The summed E-state index contributed by atoms with van der Waals surface area (Å²) in [7, 11) is 0. The summed E-state index contributed by atoms with van der Waals surface area (Å²) in [4.78, 5) is 23.8. The Hall–Kier alpha value is -1.10. The Balaban J connectivity index is 1.81. The van der Waals surface area contributed by atoms with Crippen molar-refractivity contribution in [3.05, 3.63) is 0 Å². The Morgan fingerprint density at radius 3 is 2.50 bits per heavy atom. The molecule has 0 radical (unpaired) electrons. The van der Waals surface area contributed by atoms with Crippen molar-refractivity contribution in [2.45, 2.75) is 6.42 Å². The molecule has 0 spiro atoms. The van der Waals surface area contributed by atoms with E-state index in [1.807, 2.05) is 0 Å². The summed E-state index contributed by atoms with van der Waals surface area (Å²) in [6.07, 6.45) is 0.771. The van der Waals surface area contributed by atoms with Crippen molar-refractivity contribution in [2.24, 2.45) is 11.8 Å². The molecule has 0 saturated carbocycles. The fourth-order valence-electron chi connectivity index (χ4n) is 1.80. The van der Waals surface area contributed by atoms with Crippen molar-refractivity contribution in [3.63, 3.8) is 0 Å². The van der Waals surface area contributed by atoms with E-state index in [-0.39, 0.29) is 17.7 Å². The summed E-state index contributed by atoms with van der Waals surface area (Å²) < 4.78 is 5.11. The van der Waals surface area contributed by atoms with Gasteiger partial charge in [-0.15, -0.1) is 0 Å². The van der Waals surface area contributed by atoms with Gasteiger partial charge in [0.2, 0.25) is 5.91 Å². The zero-order chi connectivity index (χ0) is 10.1. The minimum absolute atomic E-state index is 0.0373. The molecule has 2 saturated heterocycles. The molecule has 1 amide bonds. The highest BCUT2D eigenvalue weighted by Crippen LogP contribution is 2.22. The molecule has 1 atom stereocenters. The number of aliphatic carboxylic acids is 1. The molecule has 78 valence electrons.